The molecule has 20 heavy (non-hydrogen) atoms. The second-order valence-corrected chi connectivity index (χ2v) is 5.73. The zero-order valence-electron chi connectivity index (χ0n) is 12.0. The van der Waals surface area contributed by atoms with Gasteiger partial charge in [0.15, 0.2) is 0 Å². The minimum absolute atomic E-state index is 0.627. The van der Waals surface area contributed by atoms with Crippen molar-refractivity contribution in [2.45, 2.75) is 19.8 Å². The Morgan fingerprint density at radius 1 is 1.20 bits per heavy atom. The molecule has 1 fully saturated rings. The van der Waals surface area contributed by atoms with Gasteiger partial charge in [0.2, 0.25) is 0 Å². The number of likely N-dealkylation sites (tertiary alicyclic amines) is 1. The highest BCUT2D eigenvalue weighted by Gasteiger charge is 2.14. The van der Waals surface area contributed by atoms with Crippen molar-refractivity contribution in [3.8, 4) is 0 Å². The lowest BCUT2D eigenvalue weighted by atomic mass is 10.1. The van der Waals surface area contributed by atoms with Gasteiger partial charge < -0.3 is 10.2 Å². The van der Waals surface area contributed by atoms with E-state index in [-0.39, 0.29) is 0 Å². The lowest BCUT2D eigenvalue weighted by Crippen LogP contribution is -2.29. The van der Waals surface area contributed by atoms with Crippen molar-refractivity contribution in [3.63, 3.8) is 0 Å². The van der Waals surface area contributed by atoms with Gasteiger partial charge in [-0.25, -0.2) is 9.97 Å². The van der Waals surface area contributed by atoms with E-state index < -0.39 is 0 Å². The fourth-order valence-corrected chi connectivity index (χ4v) is 2.89. The molecule has 0 spiro atoms. The van der Waals surface area contributed by atoms with Gasteiger partial charge in [-0.2, -0.15) is 0 Å². The number of benzene rings is 1. The Morgan fingerprint density at radius 2 is 2.00 bits per heavy atom. The van der Waals surface area contributed by atoms with Gasteiger partial charge in [-0.15, -0.1) is 0 Å². The van der Waals surface area contributed by atoms with Crippen molar-refractivity contribution in [1.82, 2.24) is 14.9 Å². The highest BCUT2D eigenvalue weighted by atomic mass is 15.1. The van der Waals surface area contributed by atoms with Crippen molar-refractivity contribution < 1.29 is 0 Å². The van der Waals surface area contributed by atoms with E-state index >= 15 is 0 Å². The van der Waals surface area contributed by atoms with Gasteiger partial charge in [-0.3, -0.25) is 0 Å². The molecule has 3 rings (SSSR count). The van der Waals surface area contributed by atoms with E-state index in [2.05, 4.69) is 33.2 Å². The van der Waals surface area contributed by atoms with Crippen LogP contribution in [0.3, 0.4) is 0 Å². The van der Waals surface area contributed by atoms with Crippen molar-refractivity contribution in [2.24, 2.45) is 5.92 Å². The Hall–Kier alpha value is -1.68. The number of rotatable bonds is 5. The van der Waals surface area contributed by atoms with Crippen LogP contribution in [0.15, 0.2) is 30.6 Å². The van der Waals surface area contributed by atoms with Crippen LogP contribution >= 0.6 is 0 Å². The summed E-state index contributed by atoms with van der Waals surface area (Å²) in [5.41, 5.74) is 0.997. The molecule has 1 aromatic carbocycles. The van der Waals surface area contributed by atoms with Crippen LogP contribution in [0, 0.1) is 5.92 Å². The van der Waals surface area contributed by atoms with Gasteiger partial charge >= 0.3 is 0 Å². The molecule has 0 saturated carbocycles. The summed E-state index contributed by atoms with van der Waals surface area (Å²) in [4.78, 5) is 11.2. The van der Waals surface area contributed by atoms with Crippen LogP contribution in [0.25, 0.3) is 10.9 Å². The second kappa shape index (κ2) is 6.18. The smallest absolute Gasteiger partial charge is 0.137 e. The Kier molecular flexibility index (Phi) is 4.11. The fourth-order valence-electron chi connectivity index (χ4n) is 2.89. The number of nitrogens with one attached hydrogen (secondary N) is 1. The van der Waals surface area contributed by atoms with Gasteiger partial charge in [0.25, 0.3) is 0 Å². The molecule has 106 valence electrons. The lowest BCUT2D eigenvalue weighted by molar-refractivity contribution is 0.294. The minimum Gasteiger partial charge on any atom is -0.369 e. The summed E-state index contributed by atoms with van der Waals surface area (Å²) in [6.07, 6.45) is 4.35. The van der Waals surface area contributed by atoms with Crippen LogP contribution in [-0.2, 0) is 0 Å². The van der Waals surface area contributed by atoms with Crippen LogP contribution < -0.4 is 5.32 Å². The molecule has 1 N–H and O–H groups in total. The Bertz CT molecular complexity index is 558. The summed E-state index contributed by atoms with van der Waals surface area (Å²) < 4.78 is 0. The molecule has 2 heterocycles. The van der Waals surface area contributed by atoms with Crippen molar-refractivity contribution in [2.75, 3.05) is 31.5 Å². The van der Waals surface area contributed by atoms with Gasteiger partial charge in [0.1, 0.15) is 12.1 Å². The third kappa shape index (κ3) is 3.07. The number of fused-ring (bicyclic) bond motifs is 1. The zero-order valence-corrected chi connectivity index (χ0v) is 12.0. The highest BCUT2D eigenvalue weighted by Crippen LogP contribution is 2.19. The van der Waals surface area contributed by atoms with E-state index in [0.717, 1.165) is 23.3 Å². The first-order valence-corrected chi connectivity index (χ1v) is 7.49. The molecule has 1 aliphatic heterocycles. The summed E-state index contributed by atoms with van der Waals surface area (Å²) in [6.45, 7) is 6.96. The Balaban J connectivity index is 1.61. The first-order chi connectivity index (χ1) is 9.83. The van der Waals surface area contributed by atoms with Crippen molar-refractivity contribution >= 4 is 16.7 Å². The molecule has 1 aliphatic rings. The molecule has 1 unspecified atom stereocenters. The Labute approximate surface area is 120 Å². The molecule has 4 heteroatoms. The highest BCUT2D eigenvalue weighted by molar-refractivity contribution is 5.88. The summed E-state index contributed by atoms with van der Waals surface area (Å²) >= 11 is 0. The van der Waals surface area contributed by atoms with E-state index in [0.29, 0.717) is 5.92 Å². The van der Waals surface area contributed by atoms with Crippen LogP contribution in [0.2, 0.25) is 0 Å². The Morgan fingerprint density at radius 3 is 2.85 bits per heavy atom. The molecule has 0 radical (unpaired) electrons. The number of anilines is 1. The third-order valence-corrected chi connectivity index (χ3v) is 3.93. The van der Waals surface area contributed by atoms with Crippen molar-refractivity contribution in [1.29, 1.82) is 0 Å². The van der Waals surface area contributed by atoms with E-state index in [9.17, 15) is 0 Å². The summed E-state index contributed by atoms with van der Waals surface area (Å²) in [5, 5.41) is 4.58. The molecule has 1 atom stereocenters. The quantitative estimate of drug-likeness (QED) is 0.907. The van der Waals surface area contributed by atoms with Crippen LogP contribution in [0.1, 0.15) is 19.8 Å². The van der Waals surface area contributed by atoms with Gasteiger partial charge in [0.05, 0.1) is 5.52 Å². The molecular formula is C16H22N4. The lowest BCUT2D eigenvalue weighted by Gasteiger charge is -2.20. The topological polar surface area (TPSA) is 41.1 Å². The number of hydrogen-bond acceptors (Lipinski definition) is 4. The first kappa shape index (κ1) is 13.3. The molecule has 0 aliphatic carbocycles. The fraction of sp³-hybridized carbons (Fsp3) is 0.500. The standard InChI is InChI=1S/C16H22N4/c1-13(11-20-8-4-5-9-20)10-17-16-14-6-2-3-7-15(14)18-12-19-16/h2-3,6-7,12-13H,4-5,8-11H2,1H3,(H,17,18,19). The molecule has 1 aromatic heterocycles. The van der Waals surface area contributed by atoms with Crippen LogP contribution in [-0.4, -0.2) is 41.0 Å². The third-order valence-electron chi connectivity index (χ3n) is 3.93. The van der Waals surface area contributed by atoms with E-state index in [1.54, 1.807) is 6.33 Å². The molecular weight excluding hydrogens is 248 g/mol. The minimum atomic E-state index is 0.627. The zero-order chi connectivity index (χ0) is 13.8. The summed E-state index contributed by atoms with van der Waals surface area (Å²) in [7, 11) is 0. The number of nitrogens with zero attached hydrogens (tertiary/aromatic N) is 3. The predicted molar refractivity (Wildman–Crippen MR) is 82.9 cm³/mol. The van der Waals surface area contributed by atoms with Crippen molar-refractivity contribution in [3.05, 3.63) is 30.6 Å². The summed E-state index contributed by atoms with van der Waals surface area (Å²) in [6, 6.07) is 8.14. The second-order valence-electron chi connectivity index (χ2n) is 5.73. The molecule has 0 amide bonds. The first-order valence-electron chi connectivity index (χ1n) is 7.49. The average molecular weight is 270 g/mol. The molecule has 0 bridgehead atoms. The maximum Gasteiger partial charge on any atom is 0.137 e. The SMILES string of the molecule is CC(CNc1ncnc2ccccc12)CN1CCCC1. The number of aromatic nitrogens is 2. The largest absolute Gasteiger partial charge is 0.369 e. The monoisotopic (exact) mass is 270 g/mol. The molecule has 2 aromatic rings. The van der Waals surface area contributed by atoms with Gasteiger partial charge in [-0.1, -0.05) is 19.1 Å². The number of hydrogen-bond donors (Lipinski definition) is 1. The maximum absolute atomic E-state index is 4.37. The predicted octanol–water partition coefficient (Wildman–Crippen LogP) is 2.77. The van der Waals surface area contributed by atoms with E-state index in [1.165, 1.54) is 32.5 Å². The number of para-hydroxylation sites is 1. The summed E-state index contributed by atoms with van der Waals surface area (Å²) in [5.74, 6) is 1.57. The van der Waals surface area contributed by atoms with Gasteiger partial charge in [0, 0.05) is 18.5 Å². The maximum atomic E-state index is 4.37. The molecule has 4 nitrogen and oxygen atoms in total. The average Bonchev–Trinajstić information content (AvgIpc) is 2.98. The normalized spacial score (nSPS) is 17.4. The van der Waals surface area contributed by atoms with Gasteiger partial charge in [-0.05, 0) is 44.0 Å². The van der Waals surface area contributed by atoms with E-state index in [1.807, 2.05) is 18.2 Å². The van der Waals surface area contributed by atoms with Crippen LogP contribution in [0.4, 0.5) is 5.82 Å². The van der Waals surface area contributed by atoms with E-state index in [4.69, 9.17) is 0 Å². The molecule has 1 saturated heterocycles. The van der Waals surface area contributed by atoms with Crippen LogP contribution in [0.5, 0.6) is 0 Å².